The van der Waals surface area contributed by atoms with Gasteiger partial charge in [-0.1, -0.05) is 67.2 Å². The van der Waals surface area contributed by atoms with Crippen molar-refractivity contribution in [3.8, 4) is 0 Å². The van der Waals surface area contributed by atoms with Crippen molar-refractivity contribution in [3.05, 3.63) is 88.5 Å². The third kappa shape index (κ3) is 3.47. The van der Waals surface area contributed by atoms with E-state index < -0.39 is 12.0 Å². The van der Waals surface area contributed by atoms with Gasteiger partial charge in [0.05, 0.1) is 5.92 Å². The molecule has 0 amide bonds. The summed E-state index contributed by atoms with van der Waals surface area (Å²) < 4.78 is 0. The first-order chi connectivity index (χ1) is 10.6. The van der Waals surface area contributed by atoms with Gasteiger partial charge in [-0.05, 0) is 11.1 Å². The molecule has 4 nitrogen and oxygen atoms in total. The molecule has 0 bridgehead atoms. The van der Waals surface area contributed by atoms with E-state index >= 15 is 0 Å². The summed E-state index contributed by atoms with van der Waals surface area (Å²) >= 11 is 0. The second-order valence-electron chi connectivity index (χ2n) is 5.04. The zero-order valence-corrected chi connectivity index (χ0v) is 12.1. The van der Waals surface area contributed by atoms with Crippen LogP contribution in [-0.4, -0.2) is 17.3 Å². The normalized spacial score (nSPS) is 13.1. The Bertz CT molecular complexity index is 653. The molecular weight excluding hydrogens is 278 g/mol. The molecule has 0 radical (unpaired) electrons. The molecule has 2 rings (SSSR count). The molecule has 112 valence electrons. The van der Waals surface area contributed by atoms with Crippen LogP contribution in [0.1, 0.15) is 23.5 Å². The maximum atomic E-state index is 11.6. The average molecular weight is 295 g/mol. The van der Waals surface area contributed by atoms with Crippen molar-refractivity contribution < 1.29 is 9.72 Å². The van der Waals surface area contributed by atoms with Gasteiger partial charge in [0.15, 0.2) is 0 Å². The van der Waals surface area contributed by atoms with E-state index in [-0.39, 0.29) is 11.3 Å². The van der Waals surface area contributed by atoms with E-state index in [1.165, 1.54) is 0 Å². The smallest absolute Gasteiger partial charge is 0.245 e. The number of hydrogen-bond acceptors (Lipinski definition) is 3. The van der Waals surface area contributed by atoms with Gasteiger partial charge in [0.1, 0.15) is 6.29 Å². The molecule has 1 unspecified atom stereocenters. The van der Waals surface area contributed by atoms with Crippen LogP contribution in [-0.2, 0) is 4.79 Å². The number of nitro groups is 1. The molecule has 2 aromatic rings. The van der Waals surface area contributed by atoms with E-state index in [0.29, 0.717) is 5.57 Å². The largest absolute Gasteiger partial charge is 0.303 e. The lowest BCUT2D eigenvalue weighted by atomic mass is 9.83. The number of aldehydes is 1. The van der Waals surface area contributed by atoms with E-state index in [4.69, 9.17) is 0 Å². The molecule has 0 spiro atoms. The van der Waals surface area contributed by atoms with Crippen molar-refractivity contribution in [2.24, 2.45) is 0 Å². The average Bonchev–Trinajstić information content (AvgIpc) is 2.55. The van der Waals surface area contributed by atoms with Gasteiger partial charge >= 0.3 is 0 Å². The Labute approximate surface area is 129 Å². The predicted molar refractivity (Wildman–Crippen MR) is 86.1 cm³/mol. The highest BCUT2D eigenvalue weighted by molar-refractivity contribution is 5.68. The highest BCUT2D eigenvalue weighted by Crippen LogP contribution is 2.32. The minimum atomic E-state index is -1.03. The molecule has 2 aromatic carbocycles. The SMILES string of the molecule is C=C(c1ccccc1)C([C@H](CC=O)c1ccccc1)[N+](=O)[O-]. The first kappa shape index (κ1) is 15.6. The maximum Gasteiger partial charge on any atom is 0.245 e. The molecule has 0 fully saturated rings. The lowest BCUT2D eigenvalue weighted by molar-refractivity contribution is -0.509. The number of carbonyl (C=O) groups is 1. The summed E-state index contributed by atoms with van der Waals surface area (Å²) in [4.78, 5) is 22.3. The van der Waals surface area contributed by atoms with E-state index in [1.807, 2.05) is 48.5 Å². The fourth-order valence-electron chi connectivity index (χ4n) is 2.59. The lowest BCUT2D eigenvalue weighted by Crippen LogP contribution is -2.29. The Kier molecular flexibility index (Phi) is 5.20. The minimum absolute atomic E-state index is 0.0848. The standard InChI is InChI=1S/C18H17NO3/c1-14(15-8-4-2-5-9-15)18(19(21)22)17(12-13-20)16-10-6-3-7-11-16/h2-11,13,17-18H,1,12H2/t17-,18?/m1/s1. The molecule has 4 heteroatoms. The van der Waals surface area contributed by atoms with Crippen LogP contribution in [0.5, 0.6) is 0 Å². The van der Waals surface area contributed by atoms with Crippen molar-refractivity contribution in [2.45, 2.75) is 18.4 Å². The van der Waals surface area contributed by atoms with Crippen LogP contribution in [0.4, 0.5) is 0 Å². The van der Waals surface area contributed by atoms with Crippen molar-refractivity contribution in [3.63, 3.8) is 0 Å². The number of carbonyl (C=O) groups excluding carboxylic acids is 1. The van der Waals surface area contributed by atoms with E-state index in [9.17, 15) is 14.9 Å². The van der Waals surface area contributed by atoms with Gasteiger partial charge in [-0.25, -0.2) is 0 Å². The van der Waals surface area contributed by atoms with Crippen LogP contribution in [0.3, 0.4) is 0 Å². The van der Waals surface area contributed by atoms with Gasteiger partial charge in [0.2, 0.25) is 6.04 Å². The second-order valence-corrected chi connectivity index (χ2v) is 5.04. The van der Waals surface area contributed by atoms with Gasteiger partial charge in [0, 0.05) is 16.9 Å². The molecule has 2 atom stereocenters. The number of rotatable bonds is 7. The van der Waals surface area contributed by atoms with Crippen LogP contribution in [0.15, 0.2) is 67.2 Å². The lowest BCUT2D eigenvalue weighted by Gasteiger charge is -2.21. The summed E-state index contributed by atoms with van der Waals surface area (Å²) in [6.07, 6.45) is 0.813. The number of benzene rings is 2. The van der Waals surface area contributed by atoms with Crippen LogP contribution in [0.2, 0.25) is 0 Å². The summed E-state index contributed by atoms with van der Waals surface area (Å²) in [5, 5.41) is 11.6. The summed E-state index contributed by atoms with van der Waals surface area (Å²) in [6, 6.07) is 17.1. The Balaban J connectivity index is 2.42. The third-order valence-electron chi connectivity index (χ3n) is 3.69. The first-order valence-electron chi connectivity index (χ1n) is 7.01. The van der Waals surface area contributed by atoms with Gasteiger partial charge in [-0.3, -0.25) is 10.1 Å². The van der Waals surface area contributed by atoms with Crippen molar-refractivity contribution in [2.75, 3.05) is 0 Å². The monoisotopic (exact) mass is 295 g/mol. The zero-order valence-electron chi connectivity index (χ0n) is 12.1. The van der Waals surface area contributed by atoms with Crippen molar-refractivity contribution in [1.82, 2.24) is 0 Å². The van der Waals surface area contributed by atoms with Crippen molar-refractivity contribution >= 4 is 11.9 Å². The Hall–Kier alpha value is -2.75. The van der Waals surface area contributed by atoms with Gasteiger partial charge in [0.25, 0.3) is 0 Å². The number of nitrogens with zero attached hydrogens (tertiary/aromatic N) is 1. The Morgan fingerprint density at radius 1 is 1.09 bits per heavy atom. The second kappa shape index (κ2) is 7.31. The molecule has 0 saturated carbocycles. The molecule has 0 heterocycles. The van der Waals surface area contributed by atoms with Gasteiger partial charge < -0.3 is 4.79 Å². The fraction of sp³-hybridized carbons (Fsp3) is 0.167. The predicted octanol–water partition coefficient (Wildman–Crippen LogP) is 3.72. The summed E-state index contributed by atoms with van der Waals surface area (Å²) in [7, 11) is 0. The Morgan fingerprint density at radius 3 is 2.14 bits per heavy atom. The highest BCUT2D eigenvalue weighted by atomic mass is 16.6. The van der Waals surface area contributed by atoms with Gasteiger partial charge in [-0.2, -0.15) is 0 Å². The quantitative estimate of drug-likeness (QED) is 0.444. The first-order valence-corrected chi connectivity index (χ1v) is 7.01. The summed E-state index contributed by atoms with van der Waals surface area (Å²) in [5.41, 5.74) is 1.91. The summed E-state index contributed by atoms with van der Waals surface area (Å²) in [5.74, 6) is -0.526. The summed E-state index contributed by atoms with van der Waals surface area (Å²) in [6.45, 7) is 3.92. The molecular formula is C18H17NO3. The molecule has 0 aliphatic heterocycles. The highest BCUT2D eigenvalue weighted by Gasteiger charge is 2.35. The molecule has 0 N–H and O–H groups in total. The minimum Gasteiger partial charge on any atom is -0.303 e. The maximum absolute atomic E-state index is 11.6. The molecule has 0 aromatic heterocycles. The zero-order chi connectivity index (χ0) is 15.9. The molecule has 0 aliphatic carbocycles. The fourth-order valence-corrected chi connectivity index (χ4v) is 2.59. The third-order valence-corrected chi connectivity index (χ3v) is 3.69. The number of hydrogen-bond donors (Lipinski definition) is 0. The van der Waals surface area contributed by atoms with Crippen LogP contribution >= 0.6 is 0 Å². The van der Waals surface area contributed by atoms with Crippen LogP contribution < -0.4 is 0 Å². The van der Waals surface area contributed by atoms with Crippen LogP contribution in [0.25, 0.3) is 5.57 Å². The molecule has 0 saturated heterocycles. The van der Waals surface area contributed by atoms with E-state index in [1.54, 1.807) is 12.1 Å². The van der Waals surface area contributed by atoms with E-state index in [0.717, 1.165) is 17.4 Å². The van der Waals surface area contributed by atoms with E-state index in [2.05, 4.69) is 6.58 Å². The Morgan fingerprint density at radius 2 is 1.64 bits per heavy atom. The molecule has 0 aliphatic rings. The van der Waals surface area contributed by atoms with Crippen molar-refractivity contribution in [1.29, 1.82) is 0 Å². The molecule has 22 heavy (non-hydrogen) atoms. The topological polar surface area (TPSA) is 60.2 Å². The van der Waals surface area contributed by atoms with Crippen LogP contribution in [0, 0.1) is 10.1 Å². The van der Waals surface area contributed by atoms with Gasteiger partial charge in [-0.15, -0.1) is 0 Å².